The molecule has 1 atom stereocenters. The third kappa shape index (κ3) is 4.22. The van der Waals surface area contributed by atoms with Crippen molar-refractivity contribution < 1.29 is 0 Å². The van der Waals surface area contributed by atoms with E-state index in [2.05, 4.69) is 198 Å². The van der Waals surface area contributed by atoms with Crippen LogP contribution < -0.4 is 0 Å². The van der Waals surface area contributed by atoms with E-state index < -0.39 is 5.41 Å². The van der Waals surface area contributed by atoms with Gasteiger partial charge < -0.3 is 9.97 Å². The summed E-state index contributed by atoms with van der Waals surface area (Å²) in [4.78, 5) is 7.39. The van der Waals surface area contributed by atoms with Crippen molar-refractivity contribution in [3.8, 4) is 22.3 Å². The molecule has 1 unspecified atom stereocenters. The SMILES string of the molecule is C1=CC(c2ccccc2)C(c2ccccc2-c2cccc3[nH]c4ccccc4c23)(c2ccccc2-c2cccc3[nH]c4ccccc4c23)C=C1. The zero-order valence-corrected chi connectivity index (χ0v) is 27.5. The van der Waals surface area contributed by atoms with E-state index >= 15 is 0 Å². The summed E-state index contributed by atoms with van der Waals surface area (Å²) in [6.07, 6.45) is 9.35. The Hall–Kier alpha value is -6.38. The average Bonchev–Trinajstić information content (AvgIpc) is 3.77. The predicted molar refractivity (Wildman–Crippen MR) is 211 cm³/mol. The van der Waals surface area contributed by atoms with Gasteiger partial charge in [-0.3, -0.25) is 0 Å². The van der Waals surface area contributed by atoms with Gasteiger partial charge in [0.05, 0.1) is 0 Å². The summed E-state index contributed by atoms with van der Waals surface area (Å²) < 4.78 is 0. The molecule has 1 aliphatic carbocycles. The minimum atomic E-state index is -0.536. The number of aromatic nitrogens is 2. The topological polar surface area (TPSA) is 31.6 Å². The Morgan fingerprint density at radius 2 is 0.840 bits per heavy atom. The van der Waals surface area contributed by atoms with Crippen LogP contribution in [-0.2, 0) is 5.41 Å². The highest BCUT2D eigenvalue weighted by molar-refractivity contribution is 6.16. The van der Waals surface area contributed by atoms with Gasteiger partial charge in [-0.25, -0.2) is 0 Å². The van der Waals surface area contributed by atoms with Crippen LogP contribution in [0.5, 0.6) is 0 Å². The number of rotatable bonds is 5. The van der Waals surface area contributed by atoms with E-state index in [0.717, 1.165) is 22.1 Å². The van der Waals surface area contributed by atoms with E-state index in [4.69, 9.17) is 0 Å². The monoisotopic (exact) mass is 638 g/mol. The van der Waals surface area contributed by atoms with Gasteiger partial charge in [-0.1, -0.05) is 164 Å². The van der Waals surface area contributed by atoms with Crippen LogP contribution in [-0.4, -0.2) is 9.97 Å². The summed E-state index contributed by atoms with van der Waals surface area (Å²) in [6.45, 7) is 0. The van der Waals surface area contributed by atoms with E-state index in [0.29, 0.717) is 0 Å². The van der Waals surface area contributed by atoms with Crippen molar-refractivity contribution in [1.29, 1.82) is 0 Å². The molecule has 0 bridgehead atoms. The molecule has 236 valence electrons. The van der Waals surface area contributed by atoms with Gasteiger partial charge in [0.15, 0.2) is 0 Å². The number of hydrogen-bond acceptors (Lipinski definition) is 0. The molecular formula is C48H34N2. The normalized spacial score (nSPS) is 15.4. The summed E-state index contributed by atoms with van der Waals surface area (Å²) in [5, 5.41) is 5.00. The number of allylic oxidation sites excluding steroid dienone is 4. The molecule has 50 heavy (non-hydrogen) atoms. The Labute approximate surface area is 291 Å². The van der Waals surface area contributed by atoms with Crippen molar-refractivity contribution in [1.82, 2.24) is 9.97 Å². The lowest BCUT2D eigenvalue weighted by Crippen LogP contribution is -2.35. The van der Waals surface area contributed by atoms with Crippen LogP contribution >= 0.6 is 0 Å². The molecule has 0 aliphatic heterocycles. The third-order valence-corrected chi connectivity index (χ3v) is 10.8. The summed E-state index contributed by atoms with van der Waals surface area (Å²) in [7, 11) is 0. The van der Waals surface area contributed by atoms with Gasteiger partial charge in [-0.2, -0.15) is 0 Å². The van der Waals surface area contributed by atoms with Crippen LogP contribution in [0.1, 0.15) is 22.6 Å². The Bertz CT molecular complexity index is 2620. The Balaban J connectivity index is 1.32. The molecule has 9 aromatic rings. The number of hydrogen-bond donors (Lipinski definition) is 2. The Kier molecular flexibility index (Phi) is 6.50. The summed E-state index contributed by atoms with van der Waals surface area (Å²) in [5.41, 5.74) is 12.9. The fraction of sp³-hybridized carbons (Fsp3) is 0.0417. The standard InChI is InChI=1S/C48H34N2/c1-2-16-32(17-3-1)39-24-12-13-31-48(39,40-25-8-4-18-33(40)35-22-14-29-44-46(35)37-20-6-10-27-42(37)49-44)41-26-9-5-19-34(41)36-23-15-30-45-47(36)38-21-7-11-28-43(38)50-45/h1-31,39,49-50H. The highest BCUT2D eigenvalue weighted by Gasteiger charge is 2.44. The van der Waals surface area contributed by atoms with Crippen LogP contribution in [0, 0.1) is 0 Å². The van der Waals surface area contributed by atoms with Crippen molar-refractivity contribution in [2.45, 2.75) is 11.3 Å². The van der Waals surface area contributed by atoms with E-state index in [1.807, 2.05) is 0 Å². The zero-order chi connectivity index (χ0) is 33.1. The van der Waals surface area contributed by atoms with Crippen molar-refractivity contribution in [3.63, 3.8) is 0 Å². The number of para-hydroxylation sites is 2. The smallest absolute Gasteiger partial charge is 0.0500 e. The number of H-pyrrole nitrogens is 2. The molecule has 2 heterocycles. The highest BCUT2D eigenvalue weighted by Crippen LogP contribution is 2.54. The molecule has 0 radical (unpaired) electrons. The molecule has 0 spiro atoms. The second kappa shape index (κ2) is 11.4. The molecule has 10 rings (SSSR count). The summed E-state index contributed by atoms with van der Waals surface area (Å²) in [5.74, 6) is 0.0420. The van der Waals surface area contributed by atoms with Gasteiger partial charge in [-0.15, -0.1) is 0 Å². The maximum atomic E-state index is 3.69. The molecule has 1 aliphatic rings. The van der Waals surface area contributed by atoms with E-state index in [9.17, 15) is 0 Å². The van der Waals surface area contributed by atoms with Crippen LogP contribution in [0.15, 0.2) is 188 Å². The first-order valence-corrected chi connectivity index (χ1v) is 17.4. The minimum absolute atomic E-state index is 0.0420. The Morgan fingerprint density at radius 3 is 1.42 bits per heavy atom. The van der Waals surface area contributed by atoms with Gasteiger partial charge in [0.25, 0.3) is 0 Å². The van der Waals surface area contributed by atoms with Crippen molar-refractivity contribution in [3.05, 3.63) is 205 Å². The fourth-order valence-electron chi connectivity index (χ4n) is 8.74. The van der Waals surface area contributed by atoms with Gasteiger partial charge in [0.2, 0.25) is 0 Å². The molecule has 0 fully saturated rings. The number of nitrogens with one attached hydrogen (secondary N) is 2. The first kappa shape index (κ1) is 28.6. The second-order valence-corrected chi connectivity index (χ2v) is 13.4. The number of benzene rings is 7. The quantitative estimate of drug-likeness (QED) is 0.188. The first-order chi connectivity index (χ1) is 24.8. The molecule has 7 aromatic carbocycles. The van der Waals surface area contributed by atoms with E-state index in [1.54, 1.807) is 0 Å². The molecule has 0 amide bonds. The van der Waals surface area contributed by atoms with Gasteiger partial charge in [-0.05, 0) is 63.2 Å². The molecule has 2 nitrogen and oxygen atoms in total. The molecule has 0 saturated carbocycles. The lowest BCUT2D eigenvalue weighted by atomic mass is 9.59. The maximum Gasteiger partial charge on any atom is 0.0500 e. The van der Waals surface area contributed by atoms with Crippen molar-refractivity contribution in [2.24, 2.45) is 0 Å². The minimum Gasteiger partial charge on any atom is -0.354 e. The predicted octanol–water partition coefficient (Wildman–Crippen LogP) is 12.5. The second-order valence-electron chi connectivity index (χ2n) is 13.4. The molecule has 2 heteroatoms. The lowest BCUT2D eigenvalue weighted by molar-refractivity contribution is 0.568. The molecule has 0 saturated heterocycles. The fourth-order valence-corrected chi connectivity index (χ4v) is 8.74. The van der Waals surface area contributed by atoms with Crippen molar-refractivity contribution >= 4 is 43.6 Å². The van der Waals surface area contributed by atoms with Gasteiger partial charge in [0, 0.05) is 54.9 Å². The van der Waals surface area contributed by atoms with Crippen LogP contribution in [0.2, 0.25) is 0 Å². The highest BCUT2D eigenvalue weighted by atomic mass is 14.7. The lowest BCUT2D eigenvalue weighted by Gasteiger charge is -2.43. The van der Waals surface area contributed by atoms with Crippen LogP contribution in [0.3, 0.4) is 0 Å². The first-order valence-electron chi connectivity index (χ1n) is 17.4. The maximum absolute atomic E-state index is 3.69. The van der Waals surface area contributed by atoms with Crippen molar-refractivity contribution in [2.75, 3.05) is 0 Å². The van der Waals surface area contributed by atoms with Gasteiger partial charge in [0.1, 0.15) is 0 Å². The van der Waals surface area contributed by atoms with Crippen LogP contribution in [0.25, 0.3) is 65.9 Å². The zero-order valence-electron chi connectivity index (χ0n) is 27.5. The largest absolute Gasteiger partial charge is 0.354 e. The molecule has 2 aromatic heterocycles. The number of aromatic amines is 2. The van der Waals surface area contributed by atoms with E-state index in [-0.39, 0.29) is 5.92 Å². The summed E-state index contributed by atoms with van der Waals surface area (Å²) in [6, 6.07) is 59.9. The number of fused-ring (bicyclic) bond motifs is 6. The van der Waals surface area contributed by atoms with Gasteiger partial charge >= 0.3 is 0 Å². The van der Waals surface area contributed by atoms with E-state index in [1.165, 1.54) is 60.5 Å². The average molecular weight is 639 g/mol. The molecular weight excluding hydrogens is 605 g/mol. The summed E-state index contributed by atoms with van der Waals surface area (Å²) >= 11 is 0. The molecule has 2 N–H and O–H groups in total. The van der Waals surface area contributed by atoms with Crippen LogP contribution in [0.4, 0.5) is 0 Å². The Morgan fingerprint density at radius 1 is 0.380 bits per heavy atom. The third-order valence-electron chi connectivity index (χ3n) is 10.8.